The number of aliphatic hydroxyl groups is 2. The van der Waals surface area contributed by atoms with Crippen molar-refractivity contribution in [3.8, 4) is 0 Å². The van der Waals surface area contributed by atoms with E-state index in [1.807, 2.05) is 6.08 Å². The predicted octanol–water partition coefficient (Wildman–Crippen LogP) is 16.9. The number of esters is 1. The van der Waals surface area contributed by atoms with Crippen LogP contribution in [0.5, 0.6) is 0 Å². The average Bonchev–Trinajstić information content (AvgIpc) is 3.27. The molecule has 0 aromatic rings. The molecule has 0 aromatic carbocycles. The van der Waals surface area contributed by atoms with Crippen LogP contribution in [0.15, 0.2) is 12.2 Å². The smallest absolute Gasteiger partial charge is 0.305 e. The van der Waals surface area contributed by atoms with Crippen LogP contribution < -0.4 is 5.32 Å². The minimum Gasteiger partial charge on any atom is -0.466 e. The molecule has 0 saturated carbocycles. The van der Waals surface area contributed by atoms with Crippen molar-refractivity contribution in [3.05, 3.63) is 12.2 Å². The van der Waals surface area contributed by atoms with E-state index < -0.39 is 12.1 Å². The first-order valence-electron chi connectivity index (χ1n) is 28.0. The monoisotopic (exact) mass is 876 g/mol. The van der Waals surface area contributed by atoms with E-state index in [-0.39, 0.29) is 18.5 Å². The summed E-state index contributed by atoms with van der Waals surface area (Å²) in [5, 5.41) is 23.1. The van der Waals surface area contributed by atoms with E-state index in [0.29, 0.717) is 19.4 Å². The number of nitrogens with one attached hydrogen (secondary N) is 1. The predicted molar refractivity (Wildman–Crippen MR) is 269 cm³/mol. The highest BCUT2D eigenvalue weighted by atomic mass is 16.5. The standard InChI is InChI=1S/C56H109NO5/c1-3-5-7-9-11-13-15-17-22-25-28-32-36-40-44-48-54(59)53(52-58)57-55(60)49-45-41-37-33-29-26-23-20-18-19-21-24-27-31-35-39-43-47-51-62-56(61)50-46-42-38-34-30-16-14-12-10-8-6-4-2/h44,48,53-54,58-59H,3-43,45-47,49-52H2,1-2H3,(H,57,60)/b48-44+. The minimum absolute atomic E-state index is 0.00748. The highest BCUT2D eigenvalue weighted by Crippen LogP contribution is 2.17. The fraction of sp³-hybridized carbons (Fsp3) is 0.929. The van der Waals surface area contributed by atoms with Gasteiger partial charge in [-0.1, -0.05) is 276 Å². The highest BCUT2D eigenvalue weighted by molar-refractivity contribution is 5.76. The van der Waals surface area contributed by atoms with Gasteiger partial charge in [-0.2, -0.15) is 0 Å². The normalized spacial score (nSPS) is 12.6. The van der Waals surface area contributed by atoms with Crippen molar-refractivity contribution in [1.29, 1.82) is 0 Å². The number of rotatable bonds is 52. The number of ether oxygens (including phenoxy) is 1. The molecule has 0 radical (unpaired) electrons. The Labute approximate surface area is 387 Å². The van der Waals surface area contributed by atoms with Crippen LogP contribution in [0, 0.1) is 0 Å². The number of carbonyl (C=O) groups excluding carboxylic acids is 2. The minimum atomic E-state index is -0.846. The Balaban J connectivity index is 3.43. The molecular formula is C56H109NO5. The van der Waals surface area contributed by atoms with E-state index in [1.54, 1.807) is 6.08 Å². The second-order valence-corrected chi connectivity index (χ2v) is 19.3. The second kappa shape index (κ2) is 52.2. The Kier molecular flexibility index (Phi) is 51.0. The fourth-order valence-electron chi connectivity index (χ4n) is 8.75. The van der Waals surface area contributed by atoms with Gasteiger partial charge in [-0.15, -0.1) is 0 Å². The molecule has 0 aliphatic rings. The molecule has 368 valence electrons. The van der Waals surface area contributed by atoms with Crippen molar-refractivity contribution in [2.75, 3.05) is 13.2 Å². The van der Waals surface area contributed by atoms with Crippen molar-refractivity contribution in [2.45, 2.75) is 321 Å². The first-order chi connectivity index (χ1) is 30.5. The van der Waals surface area contributed by atoms with Crippen molar-refractivity contribution in [3.63, 3.8) is 0 Å². The second-order valence-electron chi connectivity index (χ2n) is 19.3. The van der Waals surface area contributed by atoms with Gasteiger partial charge in [0.2, 0.25) is 5.91 Å². The third kappa shape index (κ3) is 48.1. The molecule has 62 heavy (non-hydrogen) atoms. The van der Waals surface area contributed by atoms with Gasteiger partial charge in [0.15, 0.2) is 0 Å². The summed E-state index contributed by atoms with van der Waals surface area (Å²) in [6, 6.07) is -0.629. The van der Waals surface area contributed by atoms with Gasteiger partial charge in [0.1, 0.15) is 0 Å². The van der Waals surface area contributed by atoms with E-state index in [4.69, 9.17) is 4.74 Å². The maximum Gasteiger partial charge on any atom is 0.305 e. The molecule has 3 N–H and O–H groups in total. The summed E-state index contributed by atoms with van der Waals surface area (Å²) >= 11 is 0. The fourth-order valence-corrected chi connectivity index (χ4v) is 8.75. The van der Waals surface area contributed by atoms with Crippen molar-refractivity contribution >= 4 is 11.9 Å². The lowest BCUT2D eigenvalue weighted by atomic mass is 10.0. The molecule has 0 saturated heterocycles. The van der Waals surface area contributed by atoms with E-state index in [0.717, 1.165) is 38.5 Å². The van der Waals surface area contributed by atoms with Crippen LogP contribution in [0.25, 0.3) is 0 Å². The number of aliphatic hydroxyl groups excluding tert-OH is 2. The molecule has 0 bridgehead atoms. The zero-order valence-corrected chi connectivity index (χ0v) is 41.9. The summed E-state index contributed by atoms with van der Waals surface area (Å²) in [4.78, 5) is 24.4. The zero-order valence-electron chi connectivity index (χ0n) is 41.9. The highest BCUT2D eigenvalue weighted by Gasteiger charge is 2.18. The van der Waals surface area contributed by atoms with Crippen LogP contribution in [0.4, 0.5) is 0 Å². The maximum atomic E-state index is 12.4. The van der Waals surface area contributed by atoms with Crippen LogP contribution in [0.3, 0.4) is 0 Å². The molecule has 1 amide bonds. The number of hydrogen-bond acceptors (Lipinski definition) is 5. The van der Waals surface area contributed by atoms with Gasteiger partial charge in [-0.25, -0.2) is 0 Å². The lowest BCUT2D eigenvalue weighted by Crippen LogP contribution is -2.45. The third-order valence-electron chi connectivity index (χ3n) is 13.1. The molecule has 0 fully saturated rings. The number of carbonyl (C=O) groups is 2. The third-order valence-corrected chi connectivity index (χ3v) is 13.1. The van der Waals surface area contributed by atoms with Crippen LogP contribution in [-0.4, -0.2) is 47.4 Å². The summed E-state index contributed by atoms with van der Waals surface area (Å²) in [6.45, 7) is 4.91. The van der Waals surface area contributed by atoms with Crippen LogP contribution in [-0.2, 0) is 14.3 Å². The molecule has 0 aliphatic heterocycles. The van der Waals surface area contributed by atoms with Gasteiger partial charge in [-0.05, 0) is 32.1 Å². The van der Waals surface area contributed by atoms with Gasteiger partial charge in [-0.3, -0.25) is 9.59 Å². The lowest BCUT2D eigenvalue weighted by molar-refractivity contribution is -0.143. The van der Waals surface area contributed by atoms with E-state index >= 15 is 0 Å². The Morgan fingerprint density at radius 2 is 0.742 bits per heavy atom. The zero-order chi connectivity index (χ0) is 45.1. The topological polar surface area (TPSA) is 95.9 Å². The van der Waals surface area contributed by atoms with Crippen molar-refractivity contribution in [2.24, 2.45) is 0 Å². The van der Waals surface area contributed by atoms with Gasteiger partial charge in [0.05, 0.1) is 25.4 Å². The average molecular weight is 876 g/mol. The lowest BCUT2D eigenvalue weighted by Gasteiger charge is -2.20. The number of unbranched alkanes of at least 4 members (excludes halogenated alkanes) is 41. The van der Waals surface area contributed by atoms with Gasteiger partial charge in [0, 0.05) is 12.8 Å². The molecule has 0 aromatic heterocycles. The summed E-state index contributed by atoms with van der Waals surface area (Å²) in [5.74, 6) is -0.0628. The van der Waals surface area contributed by atoms with Crippen LogP contribution in [0.1, 0.15) is 309 Å². The largest absolute Gasteiger partial charge is 0.466 e. The summed E-state index contributed by atoms with van der Waals surface area (Å²) in [7, 11) is 0. The first kappa shape index (κ1) is 60.6. The van der Waals surface area contributed by atoms with Crippen molar-refractivity contribution < 1.29 is 24.5 Å². The summed E-state index contributed by atoms with van der Waals surface area (Å²) < 4.78 is 5.46. The molecular weight excluding hydrogens is 767 g/mol. The number of amides is 1. The molecule has 0 rings (SSSR count). The number of allylic oxidation sites excluding steroid dienone is 1. The molecule has 6 nitrogen and oxygen atoms in total. The van der Waals surface area contributed by atoms with E-state index in [2.05, 4.69) is 19.2 Å². The van der Waals surface area contributed by atoms with E-state index in [1.165, 1.54) is 244 Å². The first-order valence-corrected chi connectivity index (χ1v) is 28.0. The van der Waals surface area contributed by atoms with Gasteiger partial charge in [0.25, 0.3) is 0 Å². The van der Waals surface area contributed by atoms with Gasteiger partial charge < -0.3 is 20.3 Å². The molecule has 6 heteroatoms. The molecule has 0 spiro atoms. The van der Waals surface area contributed by atoms with Crippen molar-refractivity contribution in [1.82, 2.24) is 5.32 Å². The summed E-state index contributed by atoms with van der Waals surface area (Å²) in [5.41, 5.74) is 0. The Morgan fingerprint density at radius 3 is 1.10 bits per heavy atom. The van der Waals surface area contributed by atoms with E-state index in [9.17, 15) is 19.8 Å². The maximum absolute atomic E-state index is 12.4. The molecule has 2 atom stereocenters. The Bertz CT molecular complexity index is 924. The SMILES string of the molecule is CCCCCCCCCCCCCCC/C=C/C(O)C(CO)NC(=O)CCCCCCCCCCCCCCCCCCCCOC(=O)CCCCCCCCCCCCCC. The Hall–Kier alpha value is -1.40. The van der Waals surface area contributed by atoms with Crippen LogP contribution >= 0.6 is 0 Å². The molecule has 0 heterocycles. The van der Waals surface area contributed by atoms with Gasteiger partial charge >= 0.3 is 5.97 Å². The Morgan fingerprint density at radius 1 is 0.435 bits per heavy atom. The number of hydrogen-bond donors (Lipinski definition) is 3. The molecule has 2 unspecified atom stereocenters. The summed E-state index contributed by atoms with van der Waals surface area (Å²) in [6.07, 6.45) is 60.8. The van der Waals surface area contributed by atoms with Crippen LogP contribution in [0.2, 0.25) is 0 Å². The molecule has 0 aliphatic carbocycles. The quantitative estimate of drug-likeness (QED) is 0.0321.